The first kappa shape index (κ1) is 13.6. The molecule has 0 radical (unpaired) electrons. The second kappa shape index (κ2) is 6.34. The van der Waals surface area contributed by atoms with E-state index in [2.05, 4.69) is 5.32 Å². The van der Waals surface area contributed by atoms with Gasteiger partial charge in [0.05, 0.1) is 0 Å². The third kappa shape index (κ3) is 3.33. The fourth-order valence-electron chi connectivity index (χ4n) is 1.73. The van der Waals surface area contributed by atoms with E-state index in [1.165, 1.54) is 6.07 Å². The van der Waals surface area contributed by atoms with Crippen LogP contribution >= 0.6 is 0 Å². The van der Waals surface area contributed by atoms with Gasteiger partial charge in [-0.2, -0.15) is 5.26 Å². The summed E-state index contributed by atoms with van der Waals surface area (Å²) in [6.45, 7) is 0.360. The van der Waals surface area contributed by atoms with Gasteiger partial charge in [-0.05, 0) is 18.2 Å². The van der Waals surface area contributed by atoms with Crippen LogP contribution in [0.1, 0.15) is 5.56 Å². The Morgan fingerprint density at radius 3 is 2.75 bits per heavy atom. The molecule has 0 spiro atoms. The standard InChI is InChI=1S/C15H14N2O3/c16-7-8-20-13-5-2-4-12(9-13)17-10-11-3-1-6-14(18)15(11)19/h1-6,9,17-19H,8,10H2. The summed E-state index contributed by atoms with van der Waals surface area (Å²) < 4.78 is 5.20. The third-order valence-corrected chi connectivity index (χ3v) is 2.72. The van der Waals surface area contributed by atoms with Crippen LogP contribution in [-0.4, -0.2) is 16.8 Å². The molecule has 20 heavy (non-hydrogen) atoms. The fraction of sp³-hybridized carbons (Fsp3) is 0.133. The summed E-state index contributed by atoms with van der Waals surface area (Å²) >= 11 is 0. The molecule has 0 aliphatic carbocycles. The highest BCUT2D eigenvalue weighted by Gasteiger charge is 2.05. The number of hydrogen-bond donors (Lipinski definition) is 3. The maximum absolute atomic E-state index is 9.70. The van der Waals surface area contributed by atoms with Gasteiger partial charge in [-0.1, -0.05) is 18.2 Å². The highest BCUT2D eigenvalue weighted by Crippen LogP contribution is 2.29. The molecule has 2 rings (SSSR count). The number of nitrogens with zero attached hydrogens (tertiary/aromatic N) is 1. The molecule has 5 heteroatoms. The lowest BCUT2D eigenvalue weighted by Gasteiger charge is -2.10. The van der Waals surface area contributed by atoms with Crippen LogP contribution in [0.5, 0.6) is 17.2 Å². The van der Waals surface area contributed by atoms with Crippen LogP contribution < -0.4 is 10.1 Å². The minimum atomic E-state index is -0.143. The Morgan fingerprint density at radius 2 is 1.95 bits per heavy atom. The molecule has 0 fully saturated rings. The van der Waals surface area contributed by atoms with Crippen LogP contribution in [0.25, 0.3) is 0 Å². The lowest BCUT2D eigenvalue weighted by atomic mass is 10.2. The monoisotopic (exact) mass is 270 g/mol. The minimum absolute atomic E-state index is 0.00318. The summed E-state index contributed by atoms with van der Waals surface area (Å²) in [6.07, 6.45) is 0. The summed E-state index contributed by atoms with van der Waals surface area (Å²) in [5, 5.41) is 30.7. The number of phenols is 2. The minimum Gasteiger partial charge on any atom is -0.504 e. The Morgan fingerprint density at radius 1 is 1.15 bits per heavy atom. The van der Waals surface area contributed by atoms with Crippen LogP contribution in [0.15, 0.2) is 42.5 Å². The van der Waals surface area contributed by atoms with Crippen molar-refractivity contribution in [1.29, 1.82) is 5.26 Å². The number of benzene rings is 2. The maximum Gasteiger partial charge on any atom is 0.174 e. The van der Waals surface area contributed by atoms with E-state index in [0.29, 0.717) is 17.9 Å². The van der Waals surface area contributed by atoms with Gasteiger partial charge >= 0.3 is 0 Å². The van der Waals surface area contributed by atoms with E-state index in [0.717, 1.165) is 5.69 Å². The van der Waals surface area contributed by atoms with Gasteiger partial charge < -0.3 is 20.3 Å². The Bertz CT molecular complexity index is 635. The van der Waals surface area contributed by atoms with Crippen LogP contribution in [0.2, 0.25) is 0 Å². The predicted octanol–water partition coefficient (Wildman–Crippen LogP) is 2.61. The number of para-hydroxylation sites is 1. The smallest absolute Gasteiger partial charge is 0.174 e. The van der Waals surface area contributed by atoms with Gasteiger partial charge in [0.15, 0.2) is 18.1 Å². The van der Waals surface area contributed by atoms with Crippen LogP contribution in [0.3, 0.4) is 0 Å². The normalized spacial score (nSPS) is 9.75. The highest BCUT2D eigenvalue weighted by atomic mass is 16.5. The van der Waals surface area contributed by atoms with Crippen molar-refractivity contribution in [2.24, 2.45) is 0 Å². The van der Waals surface area contributed by atoms with Gasteiger partial charge in [-0.25, -0.2) is 0 Å². The number of hydrogen-bond acceptors (Lipinski definition) is 5. The zero-order valence-corrected chi connectivity index (χ0v) is 10.7. The van der Waals surface area contributed by atoms with E-state index in [-0.39, 0.29) is 18.1 Å². The second-order valence-corrected chi connectivity index (χ2v) is 4.11. The first-order chi connectivity index (χ1) is 9.70. The first-order valence-corrected chi connectivity index (χ1v) is 6.04. The molecule has 5 nitrogen and oxygen atoms in total. The zero-order valence-electron chi connectivity index (χ0n) is 10.7. The molecule has 0 aliphatic heterocycles. The predicted molar refractivity (Wildman–Crippen MR) is 74.6 cm³/mol. The number of aromatic hydroxyl groups is 2. The Balaban J connectivity index is 2.04. The summed E-state index contributed by atoms with van der Waals surface area (Å²) in [5.41, 5.74) is 1.39. The van der Waals surface area contributed by atoms with Gasteiger partial charge in [0, 0.05) is 23.9 Å². The highest BCUT2D eigenvalue weighted by molar-refractivity contribution is 5.51. The van der Waals surface area contributed by atoms with Crippen molar-refractivity contribution in [1.82, 2.24) is 0 Å². The fourth-order valence-corrected chi connectivity index (χ4v) is 1.73. The van der Waals surface area contributed by atoms with Crippen LogP contribution in [-0.2, 0) is 6.54 Å². The molecule has 102 valence electrons. The average molecular weight is 270 g/mol. The summed E-state index contributed by atoms with van der Waals surface area (Å²) in [4.78, 5) is 0. The summed E-state index contributed by atoms with van der Waals surface area (Å²) in [5.74, 6) is 0.323. The number of anilines is 1. The van der Waals surface area contributed by atoms with Crippen LogP contribution in [0, 0.1) is 11.3 Å². The van der Waals surface area contributed by atoms with Crippen molar-refractivity contribution in [2.75, 3.05) is 11.9 Å². The zero-order chi connectivity index (χ0) is 14.4. The molecule has 0 heterocycles. The molecule has 0 atom stereocenters. The van der Waals surface area contributed by atoms with Crippen LogP contribution in [0.4, 0.5) is 5.69 Å². The Hall–Kier alpha value is -2.87. The molecule has 0 aromatic heterocycles. The third-order valence-electron chi connectivity index (χ3n) is 2.72. The number of ether oxygens (including phenoxy) is 1. The Labute approximate surface area is 116 Å². The summed E-state index contributed by atoms with van der Waals surface area (Å²) in [6, 6.07) is 13.9. The molecule has 0 saturated carbocycles. The molecular weight excluding hydrogens is 256 g/mol. The van der Waals surface area contributed by atoms with E-state index in [9.17, 15) is 10.2 Å². The average Bonchev–Trinajstić information content (AvgIpc) is 2.47. The van der Waals surface area contributed by atoms with Crippen molar-refractivity contribution in [2.45, 2.75) is 6.54 Å². The molecule has 0 unspecified atom stereocenters. The van der Waals surface area contributed by atoms with Crippen molar-refractivity contribution in [3.05, 3.63) is 48.0 Å². The van der Waals surface area contributed by atoms with E-state index in [1.807, 2.05) is 12.1 Å². The topological polar surface area (TPSA) is 85.5 Å². The lowest BCUT2D eigenvalue weighted by Crippen LogP contribution is -2.00. The van der Waals surface area contributed by atoms with Gasteiger partial charge in [0.1, 0.15) is 11.8 Å². The van der Waals surface area contributed by atoms with E-state index < -0.39 is 0 Å². The number of rotatable bonds is 5. The van der Waals surface area contributed by atoms with Gasteiger partial charge in [0.2, 0.25) is 0 Å². The van der Waals surface area contributed by atoms with E-state index in [1.54, 1.807) is 30.3 Å². The number of nitrogens with one attached hydrogen (secondary N) is 1. The van der Waals surface area contributed by atoms with Gasteiger partial charge in [-0.15, -0.1) is 0 Å². The van der Waals surface area contributed by atoms with Crippen molar-refractivity contribution >= 4 is 5.69 Å². The molecule has 0 bridgehead atoms. The van der Waals surface area contributed by atoms with Gasteiger partial charge in [0.25, 0.3) is 0 Å². The van der Waals surface area contributed by atoms with Crippen molar-refractivity contribution < 1.29 is 14.9 Å². The molecule has 3 N–H and O–H groups in total. The number of nitriles is 1. The second-order valence-electron chi connectivity index (χ2n) is 4.11. The molecule has 0 aliphatic rings. The quantitative estimate of drug-likeness (QED) is 0.727. The largest absolute Gasteiger partial charge is 0.504 e. The summed E-state index contributed by atoms with van der Waals surface area (Å²) in [7, 11) is 0. The molecular formula is C15H14N2O3. The van der Waals surface area contributed by atoms with Gasteiger partial charge in [-0.3, -0.25) is 0 Å². The molecule has 0 amide bonds. The maximum atomic E-state index is 9.70. The van der Waals surface area contributed by atoms with E-state index >= 15 is 0 Å². The SMILES string of the molecule is N#CCOc1cccc(NCc2cccc(O)c2O)c1. The van der Waals surface area contributed by atoms with E-state index in [4.69, 9.17) is 10.00 Å². The van der Waals surface area contributed by atoms with Crippen molar-refractivity contribution in [3.8, 4) is 23.3 Å². The van der Waals surface area contributed by atoms with Crippen molar-refractivity contribution in [3.63, 3.8) is 0 Å². The first-order valence-electron chi connectivity index (χ1n) is 6.04. The molecule has 2 aromatic rings. The lowest BCUT2D eigenvalue weighted by molar-refractivity contribution is 0.368. The molecule has 2 aromatic carbocycles. The Kier molecular flexibility index (Phi) is 4.30. The molecule has 0 saturated heterocycles. The number of phenolic OH excluding ortho intramolecular Hbond substituents is 2.